The third-order valence-electron chi connectivity index (χ3n) is 4.35. The van der Waals surface area contributed by atoms with Crippen LogP contribution in [0.25, 0.3) is 10.6 Å². The molecule has 0 saturated heterocycles. The molecule has 0 fully saturated rings. The van der Waals surface area contributed by atoms with Gasteiger partial charge in [0.15, 0.2) is 0 Å². The lowest BCUT2D eigenvalue weighted by Crippen LogP contribution is -2.50. The average molecular weight is 488 g/mol. The smallest absolute Gasteiger partial charge is 0.325 e. The zero-order valence-corrected chi connectivity index (χ0v) is 19.3. The van der Waals surface area contributed by atoms with E-state index in [0.717, 1.165) is 11.1 Å². The number of carbonyl (C=O) groups excluding carboxylic acids is 3. The third-order valence-corrected chi connectivity index (χ3v) is 5.49. The SMILES string of the molecule is CCOC(=O)CNC(=O)NC(Cc1ccccc1)C(=O)Nc1nnc(-c2ccc(Cl)cc2)s1. The van der Waals surface area contributed by atoms with Crippen LogP contribution >= 0.6 is 22.9 Å². The lowest BCUT2D eigenvalue weighted by molar-refractivity contribution is -0.141. The summed E-state index contributed by atoms with van der Waals surface area (Å²) >= 11 is 7.11. The van der Waals surface area contributed by atoms with Gasteiger partial charge in [0, 0.05) is 17.0 Å². The minimum absolute atomic E-state index is 0.209. The highest BCUT2D eigenvalue weighted by molar-refractivity contribution is 7.18. The van der Waals surface area contributed by atoms with Gasteiger partial charge in [0.25, 0.3) is 0 Å². The molecule has 1 aromatic heterocycles. The average Bonchev–Trinajstić information content (AvgIpc) is 3.27. The molecule has 3 rings (SSSR count). The van der Waals surface area contributed by atoms with Crippen molar-refractivity contribution >= 4 is 46.0 Å². The molecular weight excluding hydrogens is 466 g/mol. The van der Waals surface area contributed by atoms with Crippen LogP contribution in [0.15, 0.2) is 54.6 Å². The van der Waals surface area contributed by atoms with Gasteiger partial charge in [-0.15, -0.1) is 10.2 Å². The number of hydrogen-bond donors (Lipinski definition) is 3. The Kier molecular flexibility index (Phi) is 8.73. The van der Waals surface area contributed by atoms with Crippen LogP contribution in [-0.2, 0) is 20.7 Å². The molecule has 2 aromatic carbocycles. The summed E-state index contributed by atoms with van der Waals surface area (Å²) in [6, 6.07) is 14.8. The Labute approximate surface area is 199 Å². The Morgan fingerprint density at radius 2 is 1.79 bits per heavy atom. The number of esters is 1. The van der Waals surface area contributed by atoms with Crippen molar-refractivity contribution in [3.8, 4) is 10.6 Å². The summed E-state index contributed by atoms with van der Waals surface area (Å²) in [5.74, 6) is -1.04. The fourth-order valence-electron chi connectivity index (χ4n) is 2.81. The molecular formula is C22H22ClN5O4S. The van der Waals surface area contributed by atoms with Crippen LogP contribution in [0, 0.1) is 0 Å². The minimum atomic E-state index is -0.919. The third kappa shape index (κ3) is 7.55. The molecule has 11 heteroatoms. The quantitative estimate of drug-likeness (QED) is 0.398. The summed E-state index contributed by atoms with van der Waals surface area (Å²) in [6.45, 7) is 1.57. The molecule has 0 spiro atoms. The monoisotopic (exact) mass is 487 g/mol. The number of amides is 3. The maximum atomic E-state index is 13.0. The number of halogens is 1. The van der Waals surface area contributed by atoms with Crippen molar-refractivity contribution in [1.29, 1.82) is 0 Å². The van der Waals surface area contributed by atoms with Crippen molar-refractivity contribution in [2.75, 3.05) is 18.5 Å². The first-order valence-corrected chi connectivity index (χ1v) is 11.3. The van der Waals surface area contributed by atoms with E-state index in [2.05, 4.69) is 26.1 Å². The predicted molar refractivity (Wildman–Crippen MR) is 126 cm³/mol. The van der Waals surface area contributed by atoms with Crippen molar-refractivity contribution in [3.63, 3.8) is 0 Å². The van der Waals surface area contributed by atoms with Crippen LogP contribution in [0.2, 0.25) is 5.02 Å². The van der Waals surface area contributed by atoms with Gasteiger partial charge < -0.3 is 15.4 Å². The molecule has 33 heavy (non-hydrogen) atoms. The van der Waals surface area contributed by atoms with Crippen LogP contribution in [0.5, 0.6) is 0 Å². The van der Waals surface area contributed by atoms with E-state index in [1.807, 2.05) is 42.5 Å². The number of benzene rings is 2. The number of carbonyl (C=O) groups is 3. The van der Waals surface area contributed by atoms with E-state index in [1.54, 1.807) is 19.1 Å². The van der Waals surface area contributed by atoms with Gasteiger partial charge in [0.05, 0.1) is 6.61 Å². The summed E-state index contributed by atoms with van der Waals surface area (Å²) in [5.41, 5.74) is 1.66. The summed E-state index contributed by atoms with van der Waals surface area (Å²) in [6.07, 6.45) is 0.238. The summed E-state index contributed by atoms with van der Waals surface area (Å²) in [5, 5.41) is 17.3. The van der Waals surface area contributed by atoms with E-state index in [1.165, 1.54) is 11.3 Å². The van der Waals surface area contributed by atoms with Crippen LogP contribution in [0.3, 0.4) is 0 Å². The van der Waals surface area contributed by atoms with E-state index < -0.39 is 23.9 Å². The first kappa shape index (κ1) is 24.1. The second-order valence-corrected chi connectivity index (χ2v) is 8.20. The van der Waals surface area contributed by atoms with Gasteiger partial charge in [-0.2, -0.15) is 0 Å². The number of urea groups is 1. The van der Waals surface area contributed by atoms with E-state index in [4.69, 9.17) is 16.3 Å². The Morgan fingerprint density at radius 1 is 1.06 bits per heavy atom. The Hall–Kier alpha value is -3.50. The molecule has 0 saturated carbocycles. The normalized spacial score (nSPS) is 11.3. The maximum Gasteiger partial charge on any atom is 0.325 e. The van der Waals surface area contributed by atoms with Gasteiger partial charge in [-0.25, -0.2) is 4.79 Å². The highest BCUT2D eigenvalue weighted by atomic mass is 35.5. The Bertz CT molecular complexity index is 1090. The fraction of sp³-hybridized carbons (Fsp3) is 0.227. The number of rotatable bonds is 9. The largest absolute Gasteiger partial charge is 0.465 e. The second kappa shape index (κ2) is 11.9. The van der Waals surface area contributed by atoms with Crippen molar-refractivity contribution < 1.29 is 19.1 Å². The number of ether oxygens (including phenoxy) is 1. The lowest BCUT2D eigenvalue weighted by atomic mass is 10.1. The molecule has 172 valence electrons. The summed E-state index contributed by atoms with van der Waals surface area (Å²) < 4.78 is 4.78. The van der Waals surface area contributed by atoms with Crippen LogP contribution in [-0.4, -0.2) is 47.3 Å². The molecule has 3 aromatic rings. The standard InChI is InChI=1S/C22H22ClN5O4S/c1-2-32-18(29)13-24-21(31)25-17(12-14-6-4-3-5-7-14)19(30)26-22-28-27-20(33-22)15-8-10-16(23)11-9-15/h3-11,17H,2,12-13H2,1H3,(H2,24,25,31)(H,26,28,30). The second-order valence-electron chi connectivity index (χ2n) is 6.78. The lowest BCUT2D eigenvalue weighted by Gasteiger charge is -2.18. The topological polar surface area (TPSA) is 122 Å². The van der Waals surface area contributed by atoms with Crippen molar-refractivity contribution in [2.45, 2.75) is 19.4 Å². The molecule has 9 nitrogen and oxygen atoms in total. The van der Waals surface area contributed by atoms with E-state index in [0.29, 0.717) is 10.0 Å². The van der Waals surface area contributed by atoms with Crippen LogP contribution < -0.4 is 16.0 Å². The number of aromatic nitrogens is 2. The number of nitrogens with one attached hydrogen (secondary N) is 3. The minimum Gasteiger partial charge on any atom is -0.465 e. The summed E-state index contributed by atoms with van der Waals surface area (Å²) in [4.78, 5) is 36.7. The molecule has 0 aliphatic carbocycles. The molecule has 1 unspecified atom stereocenters. The van der Waals surface area contributed by atoms with Gasteiger partial charge >= 0.3 is 12.0 Å². The number of anilines is 1. The fourth-order valence-corrected chi connectivity index (χ4v) is 3.69. The van der Waals surface area contributed by atoms with Crippen molar-refractivity contribution in [1.82, 2.24) is 20.8 Å². The molecule has 0 aliphatic heterocycles. The molecule has 0 aliphatic rings. The Morgan fingerprint density at radius 3 is 2.48 bits per heavy atom. The summed E-state index contributed by atoms with van der Waals surface area (Å²) in [7, 11) is 0. The number of nitrogens with zero attached hydrogens (tertiary/aromatic N) is 2. The highest BCUT2D eigenvalue weighted by Crippen LogP contribution is 2.27. The zero-order chi connectivity index (χ0) is 23.6. The molecule has 1 atom stereocenters. The molecule has 0 radical (unpaired) electrons. The first-order chi connectivity index (χ1) is 15.9. The molecule has 1 heterocycles. The van der Waals surface area contributed by atoms with E-state index >= 15 is 0 Å². The maximum absolute atomic E-state index is 13.0. The zero-order valence-electron chi connectivity index (χ0n) is 17.7. The predicted octanol–water partition coefficient (Wildman–Crippen LogP) is 3.27. The Balaban J connectivity index is 1.67. The van der Waals surface area contributed by atoms with Gasteiger partial charge in [-0.3, -0.25) is 14.9 Å². The van der Waals surface area contributed by atoms with E-state index in [-0.39, 0.29) is 24.7 Å². The molecule has 3 N–H and O–H groups in total. The van der Waals surface area contributed by atoms with Crippen LogP contribution in [0.1, 0.15) is 12.5 Å². The van der Waals surface area contributed by atoms with Gasteiger partial charge in [-0.1, -0.05) is 65.4 Å². The van der Waals surface area contributed by atoms with E-state index in [9.17, 15) is 14.4 Å². The highest BCUT2D eigenvalue weighted by Gasteiger charge is 2.23. The van der Waals surface area contributed by atoms with Gasteiger partial charge in [0.2, 0.25) is 11.0 Å². The molecule has 3 amide bonds. The van der Waals surface area contributed by atoms with Gasteiger partial charge in [0.1, 0.15) is 17.6 Å². The first-order valence-electron chi connectivity index (χ1n) is 10.1. The van der Waals surface area contributed by atoms with Crippen LogP contribution in [0.4, 0.5) is 9.93 Å². The van der Waals surface area contributed by atoms with Crippen molar-refractivity contribution in [3.05, 3.63) is 65.2 Å². The van der Waals surface area contributed by atoms with Gasteiger partial charge in [-0.05, 0) is 24.6 Å². The number of hydrogen-bond acceptors (Lipinski definition) is 7. The van der Waals surface area contributed by atoms with Crippen molar-refractivity contribution in [2.24, 2.45) is 0 Å². The molecule has 0 bridgehead atoms.